The number of ether oxygens (including phenoxy) is 2. The van der Waals surface area contributed by atoms with E-state index in [1.165, 1.54) is 0 Å². The number of fused-ring (bicyclic) bond motifs is 1. The maximum Gasteiger partial charge on any atom is 0.409 e. The first kappa shape index (κ1) is 21.5. The zero-order chi connectivity index (χ0) is 21.7. The number of carbonyl (C=O) groups is 3. The Balaban J connectivity index is 1.65. The van der Waals surface area contributed by atoms with Gasteiger partial charge in [0, 0.05) is 37.3 Å². The predicted molar refractivity (Wildman–Crippen MR) is 111 cm³/mol. The molecule has 30 heavy (non-hydrogen) atoms. The summed E-state index contributed by atoms with van der Waals surface area (Å²) in [6, 6.07) is 7.42. The lowest BCUT2D eigenvalue weighted by atomic mass is 10.0. The number of hydrogen-bond acceptors (Lipinski definition) is 6. The van der Waals surface area contributed by atoms with Crippen molar-refractivity contribution in [2.75, 3.05) is 39.4 Å². The maximum atomic E-state index is 12.9. The highest BCUT2D eigenvalue weighted by molar-refractivity contribution is 6.05. The van der Waals surface area contributed by atoms with Crippen molar-refractivity contribution in [3.05, 3.63) is 41.1 Å². The summed E-state index contributed by atoms with van der Waals surface area (Å²) in [6.45, 7) is 7.12. The SMILES string of the molecule is CCOC(=O)N1CCN(C(=O)COC(=O)c2c(C)c(CC)nc3ccccc23)CC1. The maximum absolute atomic E-state index is 12.9. The number of esters is 1. The van der Waals surface area contributed by atoms with Crippen LogP contribution in [0, 0.1) is 6.92 Å². The van der Waals surface area contributed by atoms with E-state index < -0.39 is 5.97 Å². The number of aryl methyl sites for hydroxylation is 1. The molecule has 2 amide bonds. The monoisotopic (exact) mass is 413 g/mol. The van der Waals surface area contributed by atoms with Crippen LogP contribution < -0.4 is 0 Å². The highest BCUT2D eigenvalue weighted by Crippen LogP contribution is 2.24. The van der Waals surface area contributed by atoms with Gasteiger partial charge >= 0.3 is 12.1 Å². The van der Waals surface area contributed by atoms with Gasteiger partial charge in [0.15, 0.2) is 6.61 Å². The summed E-state index contributed by atoms with van der Waals surface area (Å²) in [5.41, 5.74) is 2.80. The molecular formula is C22H27N3O5. The Morgan fingerprint density at radius 3 is 2.33 bits per heavy atom. The average Bonchev–Trinajstić information content (AvgIpc) is 2.77. The van der Waals surface area contributed by atoms with Crippen LogP contribution >= 0.6 is 0 Å². The van der Waals surface area contributed by atoms with Gasteiger partial charge in [-0.2, -0.15) is 0 Å². The van der Waals surface area contributed by atoms with E-state index in [2.05, 4.69) is 4.98 Å². The first-order valence-corrected chi connectivity index (χ1v) is 10.2. The van der Waals surface area contributed by atoms with Gasteiger partial charge in [-0.15, -0.1) is 0 Å². The Kier molecular flexibility index (Phi) is 6.87. The smallest absolute Gasteiger partial charge is 0.409 e. The van der Waals surface area contributed by atoms with E-state index in [-0.39, 0.29) is 18.6 Å². The van der Waals surface area contributed by atoms with Gasteiger partial charge in [-0.3, -0.25) is 9.78 Å². The highest BCUT2D eigenvalue weighted by Gasteiger charge is 2.26. The number of piperazine rings is 1. The summed E-state index contributed by atoms with van der Waals surface area (Å²) < 4.78 is 10.4. The molecule has 8 heteroatoms. The van der Waals surface area contributed by atoms with Crippen LogP contribution in [0.3, 0.4) is 0 Å². The van der Waals surface area contributed by atoms with Crippen LogP contribution in [0.4, 0.5) is 4.79 Å². The number of amides is 2. The molecule has 1 aromatic heterocycles. The number of nitrogens with zero attached hydrogens (tertiary/aromatic N) is 3. The quantitative estimate of drug-likeness (QED) is 0.700. The minimum Gasteiger partial charge on any atom is -0.452 e. The van der Waals surface area contributed by atoms with Crippen molar-refractivity contribution in [1.29, 1.82) is 0 Å². The van der Waals surface area contributed by atoms with Gasteiger partial charge in [-0.05, 0) is 31.9 Å². The van der Waals surface area contributed by atoms with Crippen LogP contribution in [0.2, 0.25) is 0 Å². The molecule has 0 aliphatic carbocycles. The second kappa shape index (κ2) is 9.56. The molecule has 0 N–H and O–H groups in total. The second-order valence-corrected chi connectivity index (χ2v) is 7.07. The Bertz CT molecular complexity index is 951. The molecule has 0 unspecified atom stereocenters. The van der Waals surface area contributed by atoms with Gasteiger partial charge in [-0.25, -0.2) is 9.59 Å². The molecule has 1 saturated heterocycles. The highest BCUT2D eigenvalue weighted by atomic mass is 16.6. The first-order chi connectivity index (χ1) is 14.5. The molecular weight excluding hydrogens is 386 g/mol. The van der Waals surface area contributed by atoms with Gasteiger partial charge in [0.1, 0.15) is 0 Å². The van der Waals surface area contributed by atoms with E-state index in [1.54, 1.807) is 16.7 Å². The second-order valence-electron chi connectivity index (χ2n) is 7.07. The van der Waals surface area contributed by atoms with Gasteiger partial charge in [-0.1, -0.05) is 25.1 Å². The van der Waals surface area contributed by atoms with Crippen LogP contribution in [0.1, 0.15) is 35.5 Å². The zero-order valence-electron chi connectivity index (χ0n) is 17.6. The number of para-hydroxylation sites is 1. The number of pyridine rings is 1. The molecule has 1 aromatic carbocycles. The largest absolute Gasteiger partial charge is 0.452 e. The molecule has 0 spiro atoms. The van der Waals surface area contributed by atoms with Crippen molar-refractivity contribution in [3.63, 3.8) is 0 Å². The van der Waals surface area contributed by atoms with Crippen LogP contribution in [0.25, 0.3) is 10.9 Å². The molecule has 160 valence electrons. The Morgan fingerprint density at radius 2 is 1.67 bits per heavy atom. The third kappa shape index (κ3) is 4.53. The molecule has 0 saturated carbocycles. The minimum atomic E-state index is -0.528. The fraction of sp³-hybridized carbons (Fsp3) is 0.455. The predicted octanol–water partition coefficient (Wildman–Crippen LogP) is 2.56. The minimum absolute atomic E-state index is 0.279. The van der Waals surface area contributed by atoms with Crippen molar-refractivity contribution in [1.82, 2.24) is 14.8 Å². The number of benzene rings is 1. The van der Waals surface area contributed by atoms with Crippen LogP contribution in [0.5, 0.6) is 0 Å². The third-order valence-electron chi connectivity index (χ3n) is 5.26. The lowest BCUT2D eigenvalue weighted by molar-refractivity contribution is -0.136. The van der Waals surface area contributed by atoms with Crippen molar-refractivity contribution in [2.24, 2.45) is 0 Å². The van der Waals surface area contributed by atoms with E-state index in [4.69, 9.17) is 9.47 Å². The summed E-state index contributed by atoms with van der Waals surface area (Å²) >= 11 is 0. The molecule has 1 fully saturated rings. The van der Waals surface area contributed by atoms with Crippen LogP contribution in [-0.2, 0) is 20.7 Å². The third-order valence-corrected chi connectivity index (χ3v) is 5.26. The number of hydrogen-bond donors (Lipinski definition) is 0. The normalized spacial score (nSPS) is 14.0. The number of rotatable bonds is 5. The topological polar surface area (TPSA) is 89.0 Å². The zero-order valence-corrected chi connectivity index (χ0v) is 17.6. The van der Waals surface area contributed by atoms with E-state index in [1.807, 2.05) is 38.1 Å². The summed E-state index contributed by atoms with van der Waals surface area (Å²) in [6.07, 6.45) is 0.323. The number of carbonyl (C=O) groups excluding carboxylic acids is 3. The van der Waals surface area contributed by atoms with Gasteiger partial charge in [0.25, 0.3) is 5.91 Å². The molecule has 3 rings (SSSR count). The summed E-state index contributed by atoms with van der Waals surface area (Å²) in [5.74, 6) is -0.808. The number of aromatic nitrogens is 1. The van der Waals surface area contributed by atoms with Crippen LogP contribution in [0.15, 0.2) is 24.3 Å². The van der Waals surface area contributed by atoms with Crippen molar-refractivity contribution in [3.8, 4) is 0 Å². The Morgan fingerprint density at radius 1 is 1.00 bits per heavy atom. The van der Waals surface area contributed by atoms with E-state index in [0.29, 0.717) is 50.2 Å². The van der Waals surface area contributed by atoms with Crippen molar-refractivity contribution >= 4 is 28.9 Å². The van der Waals surface area contributed by atoms with Crippen molar-refractivity contribution in [2.45, 2.75) is 27.2 Å². The molecule has 0 bridgehead atoms. The van der Waals surface area contributed by atoms with E-state index in [0.717, 1.165) is 16.8 Å². The molecule has 2 aromatic rings. The van der Waals surface area contributed by atoms with Gasteiger partial charge in [0.05, 0.1) is 17.7 Å². The van der Waals surface area contributed by atoms with Crippen LogP contribution in [-0.4, -0.2) is 72.1 Å². The fourth-order valence-electron chi connectivity index (χ4n) is 3.61. The molecule has 0 radical (unpaired) electrons. The average molecular weight is 413 g/mol. The standard InChI is InChI=1S/C22H27N3O5/c1-4-17-15(3)20(16-8-6-7-9-18(16)23-17)21(27)30-14-19(26)24-10-12-25(13-11-24)22(28)29-5-2/h6-9H,4-5,10-14H2,1-3H3. The van der Waals surface area contributed by atoms with E-state index in [9.17, 15) is 14.4 Å². The van der Waals surface area contributed by atoms with Crippen molar-refractivity contribution < 1.29 is 23.9 Å². The molecule has 0 atom stereocenters. The van der Waals surface area contributed by atoms with Gasteiger partial charge in [0.2, 0.25) is 0 Å². The summed E-state index contributed by atoms with van der Waals surface area (Å²) in [5, 5.41) is 0.715. The Labute approximate surface area is 175 Å². The molecule has 1 aliphatic heterocycles. The summed E-state index contributed by atoms with van der Waals surface area (Å²) in [7, 11) is 0. The summed E-state index contributed by atoms with van der Waals surface area (Å²) in [4.78, 5) is 44.9. The lowest BCUT2D eigenvalue weighted by Gasteiger charge is -2.33. The molecule has 2 heterocycles. The first-order valence-electron chi connectivity index (χ1n) is 10.2. The Hall–Kier alpha value is -3.16. The fourth-order valence-corrected chi connectivity index (χ4v) is 3.61. The van der Waals surface area contributed by atoms with Gasteiger partial charge < -0.3 is 19.3 Å². The molecule has 8 nitrogen and oxygen atoms in total. The van der Waals surface area contributed by atoms with E-state index >= 15 is 0 Å². The molecule has 1 aliphatic rings. The lowest BCUT2D eigenvalue weighted by Crippen LogP contribution is -2.51.